The van der Waals surface area contributed by atoms with E-state index in [9.17, 15) is 9.59 Å². The lowest BCUT2D eigenvalue weighted by Gasteiger charge is -2.06. The third-order valence-electron chi connectivity index (χ3n) is 4.14. The average molecular weight is 344 g/mol. The number of nitrogen functional groups attached to an aromatic ring is 2. The highest BCUT2D eigenvalue weighted by atomic mass is 16.1. The van der Waals surface area contributed by atoms with Crippen LogP contribution in [0.4, 0.5) is 11.4 Å². The molecule has 0 saturated heterocycles. The Labute approximate surface area is 152 Å². The normalized spacial score (nSPS) is 10.5. The van der Waals surface area contributed by atoms with Crippen molar-refractivity contribution in [3.63, 3.8) is 0 Å². The molecule has 0 aromatic heterocycles. The number of nitrogens with two attached hydrogens (primary N) is 2. The topological polar surface area (TPSA) is 86.2 Å². The van der Waals surface area contributed by atoms with Gasteiger partial charge < -0.3 is 11.5 Å². The Morgan fingerprint density at radius 1 is 0.615 bits per heavy atom. The Bertz CT molecular complexity index is 889. The summed E-state index contributed by atoms with van der Waals surface area (Å²) in [6.45, 7) is 0. The first-order valence-corrected chi connectivity index (χ1v) is 8.36. The van der Waals surface area contributed by atoms with Gasteiger partial charge in [0, 0.05) is 35.3 Å². The minimum Gasteiger partial charge on any atom is -0.399 e. The Balaban J connectivity index is 1.75. The molecule has 0 spiro atoms. The van der Waals surface area contributed by atoms with E-state index in [4.69, 9.17) is 11.5 Å². The number of carbonyl (C=O) groups is 2. The maximum absolute atomic E-state index is 12.5. The Morgan fingerprint density at radius 2 is 1.04 bits per heavy atom. The number of rotatable bonds is 6. The molecule has 0 heterocycles. The van der Waals surface area contributed by atoms with Crippen LogP contribution in [0.3, 0.4) is 0 Å². The van der Waals surface area contributed by atoms with Crippen molar-refractivity contribution in [3.8, 4) is 0 Å². The zero-order chi connectivity index (χ0) is 18.5. The molecule has 4 heteroatoms. The molecule has 0 amide bonds. The van der Waals surface area contributed by atoms with Gasteiger partial charge in [-0.2, -0.15) is 0 Å². The van der Waals surface area contributed by atoms with Crippen LogP contribution in [-0.2, 0) is 12.8 Å². The SMILES string of the molecule is Nc1cccc(CC(=O)c2cccc(C(=O)Cc3cccc(N)c3)c2)c1. The highest BCUT2D eigenvalue weighted by molar-refractivity contribution is 6.02. The molecule has 26 heavy (non-hydrogen) atoms. The third-order valence-corrected chi connectivity index (χ3v) is 4.14. The van der Waals surface area contributed by atoms with E-state index < -0.39 is 0 Å². The summed E-state index contributed by atoms with van der Waals surface area (Å²) in [5.41, 5.74) is 15.5. The van der Waals surface area contributed by atoms with Gasteiger partial charge in [0.1, 0.15) is 0 Å². The van der Waals surface area contributed by atoms with Gasteiger partial charge in [-0.25, -0.2) is 0 Å². The number of hydrogen-bond donors (Lipinski definition) is 2. The smallest absolute Gasteiger partial charge is 0.167 e. The molecule has 4 nitrogen and oxygen atoms in total. The quantitative estimate of drug-likeness (QED) is 0.527. The molecule has 0 radical (unpaired) electrons. The second-order valence-corrected chi connectivity index (χ2v) is 6.27. The number of ketones is 2. The van der Waals surface area contributed by atoms with Crippen LogP contribution in [0.25, 0.3) is 0 Å². The lowest BCUT2D eigenvalue weighted by atomic mass is 9.97. The zero-order valence-corrected chi connectivity index (χ0v) is 14.3. The van der Waals surface area contributed by atoms with Gasteiger partial charge in [0.15, 0.2) is 11.6 Å². The predicted molar refractivity (Wildman–Crippen MR) is 104 cm³/mol. The number of anilines is 2. The van der Waals surface area contributed by atoms with Crippen molar-refractivity contribution < 1.29 is 9.59 Å². The minimum absolute atomic E-state index is 0.0470. The van der Waals surface area contributed by atoms with Crippen LogP contribution >= 0.6 is 0 Å². The molecule has 0 fully saturated rings. The van der Waals surface area contributed by atoms with Gasteiger partial charge in [0.05, 0.1) is 0 Å². The van der Waals surface area contributed by atoms with Gasteiger partial charge in [-0.15, -0.1) is 0 Å². The zero-order valence-electron chi connectivity index (χ0n) is 14.3. The molecular weight excluding hydrogens is 324 g/mol. The van der Waals surface area contributed by atoms with Gasteiger partial charge in [-0.1, -0.05) is 42.5 Å². The molecule has 3 aromatic carbocycles. The Hall–Kier alpha value is -3.40. The van der Waals surface area contributed by atoms with E-state index in [1.54, 1.807) is 48.5 Å². The summed E-state index contributed by atoms with van der Waals surface area (Å²) in [5.74, 6) is -0.0941. The van der Waals surface area contributed by atoms with E-state index in [-0.39, 0.29) is 24.4 Å². The summed E-state index contributed by atoms with van der Waals surface area (Å²) in [4.78, 5) is 25.1. The molecule has 0 aliphatic rings. The van der Waals surface area contributed by atoms with Gasteiger partial charge in [-0.05, 0) is 41.5 Å². The fourth-order valence-electron chi connectivity index (χ4n) is 2.85. The van der Waals surface area contributed by atoms with E-state index in [0.717, 1.165) is 11.1 Å². The third kappa shape index (κ3) is 4.36. The van der Waals surface area contributed by atoms with E-state index in [1.807, 2.05) is 24.3 Å². The highest BCUT2D eigenvalue weighted by Crippen LogP contribution is 2.15. The number of benzene rings is 3. The van der Waals surface area contributed by atoms with Crippen LogP contribution in [0.1, 0.15) is 31.8 Å². The first-order valence-electron chi connectivity index (χ1n) is 8.36. The van der Waals surface area contributed by atoms with E-state index in [1.165, 1.54) is 0 Å². The van der Waals surface area contributed by atoms with E-state index in [0.29, 0.717) is 22.5 Å². The van der Waals surface area contributed by atoms with Crippen molar-refractivity contribution in [1.29, 1.82) is 0 Å². The predicted octanol–water partition coefficient (Wildman–Crippen LogP) is 3.70. The molecule has 4 N–H and O–H groups in total. The highest BCUT2D eigenvalue weighted by Gasteiger charge is 2.12. The molecule has 130 valence electrons. The molecule has 0 unspecified atom stereocenters. The Morgan fingerprint density at radius 3 is 1.46 bits per heavy atom. The van der Waals surface area contributed by atoms with Crippen molar-refractivity contribution in [3.05, 3.63) is 95.1 Å². The average Bonchev–Trinajstić information content (AvgIpc) is 2.62. The minimum atomic E-state index is -0.0470. The molecule has 0 aliphatic heterocycles. The van der Waals surface area contributed by atoms with Crippen LogP contribution in [0.5, 0.6) is 0 Å². The van der Waals surface area contributed by atoms with Crippen LogP contribution in [0, 0.1) is 0 Å². The number of Topliss-reactive ketones (excluding diaryl/α,β-unsaturated/α-hetero) is 2. The maximum atomic E-state index is 12.5. The molecule has 0 atom stereocenters. The molecule has 0 aliphatic carbocycles. The molecule has 3 aromatic rings. The molecular formula is C22H20N2O2. The van der Waals surface area contributed by atoms with Crippen LogP contribution in [-0.4, -0.2) is 11.6 Å². The molecule has 0 bridgehead atoms. The maximum Gasteiger partial charge on any atom is 0.167 e. The standard InChI is InChI=1S/C22H20N2O2/c23-19-8-1-4-15(10-19)12-21(25)17-6-3-7-18(14-17)22(26)13-16-5-2-9-20(24)11-16/h1-11,14H,12-13,23-24H2. The summed E-state index contributed by atoms with van der Waals surface area (Å²) >= 11 is 0. The van der Waals surface area contributed by atoms with Crippen molar-refractivity contribution in [2.75, 3.05) is 11.5 Å². The fourth-order valence-corrected chi connectivity index (χ4v) is 2.85. The van der Waals surface area contributed by atoms with Crippen LogP contribution in [0.2, 0.25) is 0 Å². The van der Waals surface area contributed by atoms with E-state index >= 15 is 0 Å². The first kappa shape index (κ1) is 17.4. The van der Waals surface area contributed by atoms with Crippen LogP contribution in [0.15, 0.2) is 72.8 Å². The number of hydrogen-bond acceptors (Lipinski definition) is 4. The van der Waals surface area contributed by atoms with Gasteiger partial charge in [-0.3, -0.25) is 9.59 Å². The lowest BCUT2D eigenvalue weighted by molar-refractivity contribution is 0.0992. The summed E-state index contributed by atoms with van der Waals surface area (Å²) in [5, 5.41) is 0. The van der Waals surface area contributed by atoms with E-state index in [2.05, 4.69) is 0 Å². The van der Waals surface area contributed by atoms with Crippen molar-refractivity contribution in [2.45, 2.75) is 12.8 Å². The summed E-state index contributed by atoms with van der Waals surface area (Å²) in [7, 11) is 0. The van der Waals surface area contributed by atoms with Crippen molar-refractivity contribution in [1.82, 2.24) is 0 Å². The van der Waals surface area contributed by atoms with Gasteiger partial charge in [0.2, 0.25) is 0 Å². The molecule has 3 rings (SSSR count). The summed E-state index contributed by atoms with van der Waals surface area (Å²) in [6.07, 6.45) is 0.496. The largest absolute Gasteiger partial charge is 0.399 e. The van der Waals surface area contributed by atoms with Gasteiger partial charge >= 0.3 is 0 Å². The Kier molecular flexibility index (Phi) is 5.13. The summed E-state index contributed by atoms with van der Waals surface area (Å²) in [6, 6.07) is 21.4. The molecule has 0 saturated carbocycles. The number of carbonyl (C=O) groups excluding carboxylic acids is 2. The second-order valence-electron chi connectivity index (χ2n) is 6.27. The summed E-state index contributed by atoms with van der Waals surface area (Å²) < 4.78 is 0. The monoisotopic (exact) mass is 344 g/mol. The fraction of sp³-hybridized carbons (Fsp3) is 0.0909. The lowest BCUT2D eigenvalue weighted by Crippen LogP contribution is -2.08. The van der Waals surface area contributed by atoms with Gasteiger partial charge in [0.25, 0.3) is 0 Å². The van der Waals surface area contributed by atoms with Crippen LogP contribution < -0.4 is 11.5 Å². The first-order chi connectivity index (χ1) is 12.5. The second kappa shape index (κ2) is 7.66. The van der Waals surface area contributed by atoms with Crippen molar-refractivity contribution in [2.24, 2.45) is 0 Å². The van der Waals surface area contributed by atoms with Crippen molar-refractivity contribution >= 4 is 22.9 Å².